The van der Waals surface area contributed by atoms with E-state index in [0.717, 1.165) is 12.2 Å². The standard InChI is InChI=1S/C19H30O4S/c1-14(10-8-6-4-3-5-7-9-13-24)11-12-16-15(2)17(20)18(21)19(22)23-16/h11,20-21,24H,3-10,12-13H2,1-2H3/b14-11+. The Balaban J connectivity index is 2.34. The van der Waals surface area contributed by atoms with E-state index in [2.05, 4.69) is 19.6 Å². The fourth-order valence-corrected chi connectivity index (χ4v) is 2.83. The lowest BCUT2D eigenvalue weighted by atomic mass is 10.0. The van der Waals surface area contributed by atoms with Gasteiger partial charge in [-0.15, -0.1) is 0 Å². The number of unbranched alkanes of at least 4 members (excludes halogenated alkanes) is 6. The minimum Gasteiger partial charge on any atom is -0.504 e. The number of hydrogen-bond donors (Lipinski definition) is 3. The van der Waals surface area contributed by atoms with Gasteiger partial charge in [0, 0.05) is 12.0 Å². The molecular weight excluding hydrogens is 324 g/mol. The molecule has 1 aromatic rings. The molecule has 0 amide bonds. The van der Waals surface area contributed by atoms with Crippen molar-refractivity contribution in [3.8, 4) is 11.5 Å². The highest BCUT2D eigenvalue weighted by atomic mass is 32.1. The van der Waals surface area contributed by atoms with Crippen molar-refractivity contribution in [3.05, 3.63) is 33.4 Å². The fourth-order valence-electron chi connectivity index (χ4n) is 2.61. The Kier molecular flexibility index (Phi) is 9.69. The molecule has 0 aliphatic rings. The normalized spacial score (nSPS) is 11.9. The molecule has 0 unspecified atom stereocenters. The average Bonchev–Trinajstić information content (AvgIpc) is 2.57. The van der Waals surface area contributed by atoms with Gasteiger partial charge in [-0.25, -0.2) is 4.79 Å². The maximum atomic E-state index is 11.4. The van der Waals surface area contributed by atoms with Crippen molar-refractivity contribution in [1.82, 2.24) is 0 Å². The SMILES string of the molecule is C/C(=C\Cc1oc(=O)c(O)c(O)c1C)CCCCCCCCCS. The molecule has 4 nitrogen and oxygen atoms in total. The molecule has 0 aliphatic heterocycles. The Hall–Kier alpha value is -1.36. The smallest absolute Gasteiger partial charge is 0.382 e. The first-order chi connectivity index (χ1) is 11.5. The van der Waals surface area contributed by atoms with Crippen LogP contribution in [0.15, 0.2) is 20.9 Å². The van der Waals surface area contributed by atoms with E-state index >= 15 is 0 Å². The summed E-state index contributed by atoms with van der Waals surface area (Å²) in [6, 6.07) is 0. The van der Waals surface area contributed by atoms with E-state index in [4.69, 9.17) is 4.42 Å². The third kappa shape index (κ3) is 7.04. The van der Waals surface area contributed by atoms with E-state index in [1.54, 1.807) is 6.92 Å². The number of rotatable bonds is 11. The lowest BCUT2D eigenvalue weighted by Crippen LogP contribution is -2.03. The molecule has 0 atom stereocenters. The molecule has 0 spiro atoms. The molecule has 0 bridgehead atoms. The Labute approximate surface area is 150 Å². The summed E-state index contributed by atoms with van der Waals surface area (Å²) < 4.78 is 5.04. The number of aromatic hydroxyl groups is 2. The van der Waals surface area contributed by atoms with Crippen LogP contribution in [0.1, 0.15) is 69.6 Å². The highest BCUT2D eigenvalue weighted by Gasteiger charge is 2.14. The zero-order valence-corrected chi connectivity index (χ0v) is 15.7. The maximum absolute atomic E-state index is 11.4. The lowest BCUT2D eigenvalue weighted by Gasteiger charge is -2.06. The van der Waals surface area contributed by atoms with Crippen LogP contribution < -0.4 is 5.63 Å². The van der Waals surface area contributed by atoms with Crippen LogP contribution in [0.4, 0.5) is 0 Å². The van der Waals surface area contributed by atoms with E-state index in [9.17, 15) is 15.0 Å². The van der Waals surface area contributed by atoms with Crippen LogP contribution >= 0.6 is 12.6 Å². The molecule has 0 fully saturated rings. The minimum absolute atomic E-state index is 0.384. The zero-order valence-electron chi connectivity index (χ0n) is 14.8. The van der Waals surface area contributed by atoms with Crippen LogP contribution in [0.3, 0.4) is 0 Å². The summed E-state index contributed by atoms with van der Waals surface area (Å²) in [4.78, 5) is 11.4. The summed E-state index contributed by atoms with van der Waals surface area (Å²) in [5.41, 5.74) is 0.772. The Morgan fingerprint density at radius 1 is 1.04 bits per heavy atom. The second-order valence-corrected chi connectivity index (χ2v) is 6.79. The van der Waals surface area contributed by atoms with Gasteiger partial charge in [0.1, 0.15) is 5.76 Å². The quantitative estimate of drug-likeness (QED) is 0.300. The average molecular weight is 355 g/mol. The van der Waals surface area contributed by atoms with Crippen LogP contribution in [0.25, 0.3) is 0 Å². The summed E-state index contributed by atoms with van der Waals surface area (Å²) in [6.45, 7) is 3.70. The van der Waals surface area contributed by atoms with Crippen molar-refractivity contribution < 1.29 is 14.6 Å². The molecule has 1 heterocycles. The highest BCUT2D eigenvalue weighted by Crippen LogP contribution is 2.27. The first-order valence-electron chi connectivity index (χ1n) is 8.78. The summed E-state index contributed by atoms with van der Waals surface area (Å²) in [5, 5.41) is 19.0. The first kappa shape index (κ1) is 20.7. The second kappa shape index (κ2) is 11.2. The molecule has 0 saturated carbocycles. The van der Waals surface area contributed by atoms with Crippen molar-refractivity contribution >= 4 is 12.6 Å². The van der Waals surface area contributed by atoms with Crippen LogP contribution in [0.5, 0.6) is 11.5 Å². The lowest BCUT2D eigenvalue weighted by molar-refractivity contribution is 0.350. The molecule has 0 aromatic carbocycles. The van der Waals surface area contributed by atoms with Gasteiger partial charge in [-0.05, 0) is 38.9 Å². The van der Waals surface area contributed by atoms with E-state index in [0.29, 0.717) is 17.7 Å². The maximum Gasteiger partial charge on any atom is 0.382 e. The Morgan fingerprint density at radius 3 is 2.25 bits per heavy atom. The van der Waals surface area contributed by atoms with Crippen LogP contribution in [-0.2, 0) is 6.42 Å². The van der Waals surface area contributed by atoms with Gasteiger partial charge >= 0.3 is 5.63 Å². The monoisotopic (exact) mass is 354 g/mol. The summed E-state index contributed by atoms with van der Waals surface area (Å²) >= 11 is 4.21. The fraction of sp³-hybridized carbons (Fsp3) is 0.632. The minimum atomic E-state index is -0.892. The van der Waals surface area contributed by atoms with Crippen molar-refractivity contribution in [2.24, 2.45) is 0 Å². The Bertz CT molecular complexity index is 590. The largest absolute Gasteiger partial charge is 0.504 e. The number of thiol groups is 1. The molecule has 1 aromatic heterocycles. The molecule has 136 valence electrons. The Morgan fingerprint density at radius 2 is 1.62 bits per heavy atom. The molecule has 5 heteroatoms. The molecule has 1 rings (SSSR count). The highest BCUT2D eigenvalue weighted by molar-refractivity contribution is 7.80. The van der Waals surface area contributed by atoms with Gasteiger partial charge in [0.25, 0.3) is 0 Å². The zero-order chi connectivity index (χ0) is 17.9. The number of allylic oxidation sites excluding steroid dienone is 2. The summed E-state index contributed by atoms with van der Waals surface area (Å²) in [6.07, 6.45) is 12.3. The predicted octanol–water partition coefficient (Wildman–Crippen LogP) is 4.90. The van der Waals surface area contributed by atoms with Gasteiger partial charge in [-0.2, -0.15) is 12.6 Å². The van der Waals surface area contributed by atoms with Gasteiger partial charge in [0.05, 0.1) is 0 Å². The van der Waals surface area contributed by atoms with Crippen molar-refractivity contribution in [2.45, 2.75) is 71.6 Å². The first-order valence-corrected chi connectivity index (χ1v) is 9.41. The molecule has 0 saturated heterocycles. The van der Waals surface area contributed by atoms with E-state index in [1.165, 1.54) is 50.5 Å². The molecular formula is C19H30O4S. The third-order valence-corrected chi connectivity index (χ3v) is 4.59. The second-order valence-electron chi connectivity index (χ2n) is 6.34. The van der Waals surface area contributed by atoms with Gasteiger partial charge in [0.15, 0.2) is 5.75 Å². The molecule has 0 radical (unpaired) electrons. The van der Waals surface area contributed by atoms with Crippen molar-refractivity contribution in [1.29, 1.82) is 0 Å². The summed E-state index contributed by atoms with van der Waals surface area (Å²) in [5.74, 6) is 0.290. The van der Waals surface area contributed by atoms with Gasteiger partial charge in [0.2, 0.25) is 5.75 Å². The van der Waals surface area contributed by atoms with E-state index in [-0.39, 0.29) is 5.75 Å². The number of hydrogen-bond acceptors (Lipinski definition) is 5. The third-order valence-electron chi connectivity index (χ3n) is 4.27. The van der Waals surface area contributed by atoms with Gasteiger partial charge in [-0.1, -0.05) is 43.8 Å². The van der Waals surface area contributed by atoms with Crippen molar-refractivity contribution in [2.75, 3.05) is 5.75 Å². The molecule has 2 N–H and O–H groups in total. The van der Waals surface area contributed by atoms with Gasteiger partial charge < -0.3 is 14.6 Å². The van der Waals surface area contributed by atoms with Crippen molar-refractivity contribution in [3.63, 3.8) is 0 Å². The van der Waals surface area contributed by atoms with E-state index in [1.807, 2.05) is 6.08 Å². The summed E-state index contributed by atoms with van der Waals surface area (Å²) in [7, 11) is 0. The molecule has 0 aliphatic carbocycles. The topological polar surface area (TPSA) is 70.7 Å². The van der Waals surface area contributed by atoms with Crippen LogP contribution in [0, 0.1) is 6.92 Å². The van der Waals surface area contributed by atoms with E-state index < -0.39 is 11.4 Å². The van der Waals surface area contributed by atoms with Crippen LogP contribution in [-0.4, -0.2) is 16.0 Å². The predicted molar refractivity (Wildman–Crippen MR) is 101 cm³/mol. The van der Waals surface area contributed by atoms with Crippen LogP contribution in [0.2, 0.25) is 0 Å². The van der Waals surface area contributed by atoms with Gasteiger partial charge in [-0.3, -0.25) is 0 Å². The molecule has 24 heavy (non-hydrogen) atoms.